The van der Waals surface area contributed by atoms with Gasteiger partial charge >= 0.3 is 0 Å². The van der Waals surface area contributed by atoms with Gasteiger partial charge in [0.2, 0.25) is 0 Å². The van der Waals surface area contributed by atoms with Crippen molar-refractivity contribution in [3.05, 3.63) is 101 Å². The number of pyridine rings is 1. The van der Waals surface area contributed by atoms with Crippen molar-refractivity contribution in [2.24, 2.45) is 0 Å². The van der Waals surface area contributed by atoms with Crippen LogP contribution >= 0.6 is 0 Å². The number of rotatable bonds is 10. The maximum absolute atomic E-state index is 13.2. The summed E-state index contributed by atoms with van der Waals surface area (Å²) >= 11 is 0. The van der Waals surface area contributed by atoms with Gasteiger partial charge in [-0.15, -0.1) is 0 Å². The Morgan fingerprint density at radius 3 is 2.46 bits per heavy atom. The molecule has 2 aromatic carbocycles. The molecular formula is C30H33N3O4. The van der Waals surface area contributed by atoms with Crippen LogP contribution in [0.3, 0.4) is 0 Å². The number of likely N-dealkylation sites (N-methyl/N-ethyl adjacent to an activating group) is 1. The Kier molecular flexibility index (Phi) is 8.36. The fourth-order valence-corrected chi connectivity index (χ4v) is 4.62. The highest BCUT2D eigenvalue weighted by atomic mass is 16.5. The van der Waals surface area contributed by atoms with Gasteiger partial charge < -0.3 is 19.6 Å². The van der Waals surface area contributed by atoms with Crippen molar-refractivity contribution in [3.8, 4) is 5.75 Å². The molecule has 1 amide bonds. The van der Waals surface area contributed by atoms with Gasteiger partial charge in [0.05, 0.1) is 11.6 Å². The second-order valence-corrected chi connectivity index (χ2v) is 9.11. The van der Waals surface area contributed by atoms with Crippen molar-refractivity contribution in [2.75, 3.05) is 26.2 Å². The van der Waals surface area contributed by atoms with Crippen molar-refractivity contribution in [3.63, 3.8) is 0 Å². The summed E-state index contributed by atoms with van der Waals surface area (Å²) < 4.78 is 5.89. The average Bonchev–Trinajstić information content (AvgIpc) is 3.18. The lowest BCUT2D eigenvalue weighted by Crippen LogP contribution is -2.38. The molecule has 4 rings (SSSR count). The molecule has 0 spiro atoms. The summed E-state index contributed by atoms with van der Waals surface area (Å²) in [7, 11) is 0. The van der Waals surface area contributed by atoms with E-state index in [4.69, 9.17) is 4.74 Å². The van der Waals surface area contributed by atoms with E-state index in [1.807, 2.05) is 31.2 Å². The van der Waals surface area contributed by atoms with Crippen LogP contribution in [0.5, 0.6) is 5.75 Å². The van der Waals surface area contributed by atoms with E-state index in [9.17, 15) is 14.7 Å². The molecule has 1 unspecified atom stereocenters. The quantitative estimate of drug-likeness (QED) is 0.247. The average molecular weight is 500 g/mol. The second-order valence-electron chi connectivity index (χ2n) is 9.11. The summed E-state index contributed by atoms with van der Waals surface area (Å²) in [6.07, 6.45) is 3.28. The number of aromatic nitrogens is 1. The minimum Gasteiger partial charge on any atom is -0.507 e. The fourth-order valence-electron chi connectivity index (χ4n) is 4.62. The summed E-state index contributed by atoms with van der Waals surface area (Å²) in [6.45, 7) is 9.26. The Labute approximate surface area is 218 Å². The highest BCUT2D eigenvalue weighted by Gasteiger charge is 2.46. The van der Waals surface area contributed by atoms with Crippen molar-refractivity contribution in [1.29, 1.82) is 0 Å². The van der Waals surface area contributed by atoms with Crippen LogP contribution in [0, 0.1) is 6.92 Å². The monoisotopic (exact) mass is 499 g/mol. The van der Waals surface area contributed by atoms with Crippen molar-refractivity contribution in [2.45, 2.75) is 33.4 Å². The third kappa shape index (κ3) is 5.89. The van der Waals surface area contributed by atoms with E-state index in [0.29, 0.717) is 36.6 Å². The number of benzene rings is 2. The number of ketones is 1. The molecule has 1 N–H and O–H groups in total. The van der Waals surface area contributed by atoms with E-state index in [1.165, 1.54) is 0 Å². The summed E-state index contributed by atoms with van der Waals surface area (Å²) in [6, 6.07) is 17.9. The number of carbonyl (C=O) groups excluding carboxylic acids is 2. The van der Waals surface area contributed by atoms with Crippen LogP contribution in [0.2, 0.25) is 0 Å². The van der Waals surface area contributed by atoms with E-state index < -0.39 is 17.7 Å². The molecule has 1 aromatic heterocycles. The maximum Gasteiger partial charge on any atom is 0.295 e. The molecule has 1 aliphatic rings. The van der Waals surface area contributed by atoms with Gasteiger partial charge in [-0.2, -0.15) is 0 Å². The molecule has 3 aromatic rings. The van der Waals surface area contributed by atoms with Gasteiger partial charge in [-0.25, -0.2) is 0 Å². The van der Waals surface area contributed by atoms with Crippen molar-refractivity contribution < 1.29 is 19.4 Å². The van der Waals surface area contributed by atoms with Gasteiger partial charge in [0.25, 0.3) is 11.7 Å². The summed E-state index contributed by atoms with van der Waals surface area (Å²) in [5, 5.41) is 11.3. The maximum atomic E-state index is 13.2. The highest BCUT2D eigenvalue weighted by Crippen LogP contribution is 2.39. The highest BCUT2D eigenvalue weighted by molar-refractivity contribution is 6.46. The Balaban J connectivity index is 1.61. The van der Waals surface area contributed by atoms with Gasteiger partial charge in [0, 0.05) is 31.0 Å². The molecule has 0 aliphatic carbocycles. The summed E-state index contributed by atoms with van der Waals surface area (Å²) in [5.41, 5.74) is 3.43. The number of aliphatic hydroxyl groups is 1. The molecule has 0 saturated carbocycles. The van der Waals surface area contributed by atoms with E-state index in [2.05, 4.69) is 29.8 Å². The number of likely N-dealkylation sites (tertiary alicyclic amines) is 1. The second kappa shape index (κ2) is 11.8. The lowest BCUT2D eigenvalue weighted by Gasteiger charge is -2.28. The number of hydrogen-bond acceptors (Lipinski definition) is 6. The number of hydrogen-bond donors (Lipinski definition) is 1. The standard InChI is InChI=1S/C30H33N3O4/c1-4-32(5-2)16-17-33-27(24-10-7-15-31-19-24)26(29(35)30(33)36)28(34)23-11-13-25(14-12-23)37-20-22-9-6-8-21(3)18-22/h6-15,18-19,27,34H,4-5,16-17,20H2,1-3H3/b28-26-. The number of aryl methyl sites for hydroxylation is 1. The third-order valence-corrected chi connectivity index (χ3v) is 6.71. The summed E-state index contributed by atoms with van der Waals surface area (Å²) in [4.78, 5) is 34.2. The molecule has 37 heavy (non-hydrogen) atoms. The molecule has 2 heterocycles. The van der Waals surface area contributed by atoms with Crippen molar-refractivity contribution in [1.82, 2.24) is 14.8 Å². The van der Waals surface area contributed by atoms with E-state index in [0.717, 1.165) is 24.2 Å². The SMILES string of the molecule is CCN(CC)CCN1C(=O)C(=O)/C(=C(\O)c2ccc(OCc3cccc(C)c3)cc2)C1c1cccnc1. The van der Waals surface area contributed by atoms with Crippen LogP contribution in [0.25, 0.3) is 5.76 Å². The molecule has 192 valence electrons. The molecule has 1 aliphatic heterocycles. The topological polar surface area (TPSA) is 83.0 Å². The number of carbonyl (C=O) groups is 2. The summed E-state index contributed by atoms with van der Waals surface area (Å²) in [5.74, 6) is -0.865. The van der Waals surface area contributed by atoms with Crippen LogP contribution in [-0.2, 0) is 16.2 Å². The minimum absolute atomic E-state index is 0.0750. The predicted molar refractivity (Wildman–Crippen MR) is 143 cm³/mol. The largest absolute Gasteiger partial charge is 0.507 e. The number of nitrogens with zero attached hydrogens (tertiary/aromatic N) is 3. The van der Waals surface area contributed by atoms with Crippen LogP contribution in [-0.4, -0.2) is 57.8 Å². The van der Waals surface area contributed by atoms with E-state index >= 15 is 0 Å². The molecule has 1 saturated heterocycles. The molecule has 7 nitrogen and oxygen atoms in total. The van der Waals surface area contributed by atoms with Crippen LogP contribution in [0.4, 0.5) is 0 Å². The van der Waals surface area contributed by atoms with Crippen LogP contribution in [0.1, 0.15) is 42.1 Å². The van der Waals surface area contributed by atoms with Gasteiger partial charge in [0.15, 0.2) is 0 Å². The zero-order chi connectivity index (χ0) is 26.4. The van der Waals surface area contributed by atoms with Gasteiger partial charge in [-0.05, 0) is 61.5 Å². The number of Topliss-reactive ketones (excluding diaryl/α,β-unsaturated/α-hetero) is 1. The van der Waals surface area contributed by atoms with Crippen LogP contribution < -0.4 is 4.74 Å². The predicted octanol–water partition coefficient (Wildman–Crippen LogP) is 4.73. The van der Waals surface area contributed by atoms with Crippen molar-refractivity contribution >= 4 is 17.4 Å². The van der Waals surface area contributed by atoms with E-state index in [1.54, 1.807) is 47.6 Å². The number of amides is 1. The number of aliphatic hydroxyl groups excluding tert-OH is 1. The molecule has 1 fully saturated rings. The van der Waals surface area contributed by atoms with Gasteiger partial charge in [0.1, 0.15) is 18.1 Å². The van der Waals surface area contributed by atoms with E-state index in [-0.39, 0.29) is 11.3 Å². The minimum atomic E-state index is -0.707. The molecule has 0 bridgehead atoms. The first-order valence-corrected chi connectivity index (χ1v) is 12.6. The molecule has 0 radical (unpaired) electrons. The molecule has 1 atom stereocenters. The normalized spacial score (nSPS) is 17.0. The first-order valence-electron chi connectivity index (χ1n) is 12.6. The molecular weight excluding hydrogens is 466 g/mol. The van der Waals surface area contributed by atoms with Gasteiger partial charge in [-0.1, -0.05) is 49.7 Å². The smallest absolute Gasteiger partial charge is 0.295 e. The lowest BCUT2D eigenvalue weighted by atomic mass is 9.96. The molecule has 7 heteroatoms. The Bertz CT molecular complexity index is 1270. The Morgan fingerprint density at radius 2 is 1.81 bits per heavy atom. The van der Waals surface area contributed by atoms with Crippen LogP contribution in [0.15, 0.2) is 78.6 Å². The lowest BCUT2D eigenvalue weighted by molar-refractivity contribution is -0.140. The Hall–Kier alpha value is -3.97. The van der Waals surface area contributed by atoms with Gasteiger partial charge in [-0.3, -0.25) is 14.6 Å². The number of ether oxygens (including phenoxy) is 1. The Morgan fingerprint density at radius 1 is 1.05 bits per heavy atom. The first kappa shape index (κ1) is 26.1. The fraction of sp³-hybridized carbons (Fsp3) is 0.300. The zero-order valence-electron chi connectivity index (χ0n) is 21.6. The third-order valence-electron chi connectivity index (χ3n) is 6.71. The zero-order valence-corrected chi connectivity index (χ0v) is 21.6. The first-order chi connectivity index (χ1) is 17.9.